The zero-order chi connectivity index (χ0) is 18.9. The molecular formula is C19H20N2O4S. The van der Waals surface area contributed by atoms with Crippen LogP contribution < -0.4 is 4.72 Å². The number of nitrogens with one attached hydrogen (secondary N) is 1. The summed E-state index contributed by atoms with van der Waals surface area (Å²) in [5.74, 6) is -0.339. The van der Waals surface area contributed by atoms with E-state index in [9.17, 15) is 18.6 Å². The molecular weight excluding hydrogens is 352 g/mol. The predicted molar refractivity (Wildman–Crippen MR) is 95.8 cm³/mol. The molecule has 26 heavy (non-hydrogen) atoms. The summed E-state index contributed by atoms with van der Waals surface area (Å²) >= 11 is 0. The molecule has 3 N–H and O–H groups in total. The van der Waals surface area contributed by atoms with Crippen LogP contribution in [0.2, 0.25) is 0 Å². The van der Waals surface area contributed by atoms with Crippen molar-refractivity contribution in [3.8, 4) is 6.07 Å². The molecule has 6 nitrogen and oxygen atoms in total. The summed E-state index contributed by atoms with van der Waals surface area (Å²) in [5.41, 5.74) is 2.23. The molecule has 1 saturated carbocycles. The lowest BCUT2D eigenvalue weighted by atomic mass is 9.91. The van der Waals surface area contributed by atoms with E-state index in [2.05, 4.69) is 4.72 Å². The van der Waals surface area contributed by atoms with Crippen molar-refractivity contribution in [3.05, 3.63) is 65.2 Å². The maximum Gasteiger partial charge on any atom is 0.240 e. The van der Waals surface area contributed by atoms with Crippen LogP contribution >= 0.6 is 0 Å². The van der Waals surface area contributed by atoms with Crippen molar-refractivity contribution in [2.75, 3.05) is 0 Å². The van der Waals surface area contributed by atoms with Crippen molar-refractivity contribution < 1.29 is 18.6 Å². The number of aliphatic hydroxyl groups excluding tert-OH is 2. The van der Waals surface area contributed by atoms with E-state index in [0.29, 0.717) is 5.56 Å². The molecule has 1 aliphatic carbocycles. The maximum absolute atomic E-state index is 12.7. The Kier molecular flexibility index (Phi) is 5.12. The van der Waals surface area contributed by atoms with Crippen LogP contribution in [0.3, 0.4) is 0 Å². The fraction of sp³-hybridized carbons (Fsp3) is 0.316. The zero-order valence-corrected chi connectivity index (χ0v) is 15.0. The van der Waals surface area contributed by atoms with Crippen molar-refractivity contribution >= 4 is 10.0 Å². The molecule has 4 atom stereocenters. The van der Waals surface area contributed by atoms with Crippen LogP contribution in [-0.2, 0) is 10.0 Å². The molecule has 0 heterocycles. The molecule has 0 saturated heterocycles. The second-order valence-corrected chi connectivity index (χ2v) is 8.25. The molecule has 0 spiro atoms. The molecule has 0 radical (unpaired) electrons. The Balaban J connectivity index is 1.92. The highest BCUT2D eigenvalue weighted by molar-refractivity contribution is 7.89. The third-order valence-corrected chi connectivity index (χ3v) is 6.34. The predicted octanol–water partition coefficient (Wildman–Crippen LogP) is 1.42. The van der Waals surface area contributed by atoms with Crippen molar-refractivity contribution in [1.29, 1.82) is 5.26 Å². The molecule has 0 aliphatic heterocycles. The van der Waals surface area contributed by atoms with Crippen LogP contribution in [0.5, 0.6) is 0 Å². The van der Waals surface area contributed by atoms with E-state index < -0.39 is 28.3 Å². The topological polar surface area (TPSA) is 110 Å². The Hall–Kier alpha value is -2.24. The number of nitriles is 1. The van der Waals surface area contributed by atoms with Gasteiger partial charge < -0.3 is 10.2 Å². The smallest absolute Gasteiger partial charge is 0.240 e. The molecule has 1 fully saturated rings. The Morgan fingerprint density at radius 1 is 1.12 bits per heavy atom. The fourth-order valence-corrected chi connectivity index (χ4v) is 4.75. The summed E-state index contributed by atoms with van der Waals surface area (Å²) in [6, 6.07) is 14.2. The first-order chi connectivity index (χ1) is 12.3. The zero-order valence-electron chi connectivity index (χ0n) is 14.2. The summed E-state index contributed by atoms with van der Waals surface area (Å²) in [6.45, 7) is 1.92. The van der Waals surface area contributed by atoms with E-state index in [1.54, 1.807) is 0 Å². The lowest BCUT2D eigenvalue weighted by Crippen LogP contribution is -2.45. The van der Waals surface area contributed by atoms with E-state index in [0.717, 1.165) is 11.1 Å². The Bertz CT molecular complexity index is 935. The van der Waals surface area contributed by atoms with Gasteiger partial charge in [0.2, 0.25) is 10.0 Å². The Morgan fingerprint density at radius 3 is 2.38 bits per heavy atom. The van der Waals surface area contributed by atoms with Gasteiger partial charge in [-0.2, -0.15) is 5.26 Å². The van der Waals surface area contributed by atoms with Gasteiger partial charge in [-0.15, -0.1) is 0 Å². The van der Waals surface area contributed by atoms with E-state index in [1.807, 2.05) is 37.3 Å². The van der Waals surface area contributed by atoms with Crippen LogP contribution in [0.1, 0.15) is 29.0 Å². The number of aliphatic hydroxyl groups is 2. The number of hydrogen-bond donors (Lipinski definition) is 3. The van der Waals surface area contributed by atoms with Crippen LogP contribution in [0.4, 0.5) is 0 Å². The van der Waals surface area contributed by atoms with E-state index in [-0.39, 0.29) is 17.2 Å². The van der Waals surface area contributed by atoms with Gasteiger partial charge in [0.15, 0.2) is 0 Å². The third-order valence-electron chi connectivity index (χ3n) is 4.86. The number of benzene rings is 2. The van der Waals surface area contributed by atoms with Gasteiger partial charge in [-0.05, 0) is 48.7 Å². The average Bonchev–Trinajstić information content (AvgIpc) is 2.90. The van der Waals surface area contributed by atoms with Crippen molar-refractivity contribution in [3.63, 3.8) is 0 Å². The molecule has 0 bridgehead atoms. The summed E-state index contributed by atoms with van der Waals surface area (Å²) < 4.78 is 28.0. The molecule has 0 aromatic heterocycles. The molecule has 4 unspecified atom stereocenters. The van der Waals surface area contributed by atoms with Gasteiger partial charge in [-0.1, -0.05) is 24.3 Å². The lowest BCUT2D eigenvalue weighted by Gasteiger charge is -2.24. The van der Waals surface area contributed by atoms with Gasteiger partial charge in [0.05, 0.1) is 34.8 Å². The van der Waals surface area contributed by atoms with Crippen molar-refractivity contribution in [1.82, 2.24) is 4.72 Å². The second kappa shape index (κ2) is 7.17. The normalized spacial score (nSPS) is 25.8. The monoisotopic (exact) mass is 372 g/mol. The molecule has 136 valence electrons. The summed E-state index contributed by atoms with van der Waals surface area (Å²) in [5, 5.41) is 29.3. The quantitative estimate of drug-likeness (QED) is 0.752. The van der Waals surface area contributed by atoms with Gasteiger partial charge in [0.25, 0.3) is 0 Å². The van der Waals surface area contributed by atoms with Crippen molar-refractivity contribution in [2.45, 2.75) is 42.4 Å². The number of sulfonamides is 1. The van der Waals surface area contributed by atoms with Gasteiger partial charge in [-0.3, -0.25) is 0 Å². The third kappa shape index (κ3) is 3.50. The Labute approximate surface area is 152 Å². The second-order valence-electron chi connectivity index (χ2n) is 6.54. The lowest BCUT2D eigenvalue weighted by molar-refractivity contribution is 0.0338. The standard InChI is InChI=1S/C19H20N2O4S/c1-12-4-2-3-5-15(12)16-10-17(22)19(23)18(16)21-26(24,25)14-8-6-13(11-20)7-9-14/h2-9,16-19,21-23H,10H2,1H3. The highest BCUT2D eigenvalue weighted by Gasteiger charge is 2.44. The molecule has 0 amide bonds. The van der Waals surface area contributed by atoms with Crippen LogP contribution in [0, 0.1) is 18.3 Å². The number of hydrogen-bond acceptors (Lipinski definition) is 5. The molecule has 2 aromatic carbocycles. The van der Waals surface area contributed by atoms with E-state index >= 15 is 0 Å². The molecule has 2 aromatic rings. The highest BCUT2D eigenvalue weighted by atomic mass is 32.2. The first-order valence-corrected chi connectivity index (χ1v) is 9.76. The van der Waals surface area contributed by atoms with Gasteiger partial charge in [0, 0.05) is 5.92 Å². The van der Waals surface area contributed by atoms with Crippen molar-refractivity contribution in [2.24, 2.45) is 0 Å². The minimum atomic E-state index is -3.91. The molecule has 3 rings (SSSR count). The SMILES string of the molecule is Cc1ccccc1C1CC(O)C(O)C1NS(=O)(=O)c1ccc(C#N)cc1. The first kappa shape index (κ1) is 18.5. The number of aryl methyl sites for hydroxylation is 1. The maximum atomic E-state index is 12.7. The minimum absolute atomic E-state index is 0.00798. The molecule has 7 heteroatoms. The summed E-state index contributed by atoms with van der Waals surface area (Å²) in [4.78, 5) is 0.00798. The largest absolute Gasteiger partial charge is 0.390 e. The van der Waals surface area contributed by atoms with Gasteiger partial charge in [-0.25, -0.2) is 13.1 Å². The number of rotatable bonds is 4. The van der Waals surface area contributed by atoms with Crippen LogP contribution in [0.15, 0.2) is 53.4 Å². The van der Waals surface area contributed by atoms with Crippen LogP contribution in [-0.4, -0.2) is 36.9 Å². The summed E-state index contributed by atoms with van der Waals surface area (Å²) in [7, 11) is -3.91. The highest BCUT2D eigenvalue weighted by Crippen LogP contribution is 2.37. The molecule has 1 aliphatic rings. The minimum Gasteiger partial charge on any atom is -0.390 e. The summed E-state index contributed by atoms with van der Waals surface area (Å²) in [6.07, 6.45) is -1.94. The number of nitrogens with zero attached hydrogens (tertiary/aromatic N) is 1. The van der Waals surface area contributed by atoms with Gasteiger partial charge >= 0.3 is 0 Å². The Morgan fingerprint density at radius 2 is 1.77 bits per heavy atom. The van der Waals surface area contributed by atoms with E-state index in [4.69, 9.17) is 5.26 Å². The van der Waals surface area contributed by atoms with Gasteiger partial charge in [0.1, 0.15) is 0 Å². The van der Waals surface area contributed by atoms with E-state index in [1.165, 1.54) is 24.3 Å². The van der Waals surface area contributed by atoms with Crippen LogP contribution in [0.25, 0.3) is 0 Å². The first-order valence-electron chi connectivity index (χ1n) is 8.27. The average molecular weight is 372 g/mol. The fourth-order valence-electron chi connectivity index (χ4n) is 3.45.